The molecule has 0 aliphatic rings. The number of amides is 2. The van der Waals surface area contributed by atoms with Crippen LogP contribution in [-0.4, -0.2) is 18.9 Å². The van der Waals surface area contributed by atoms with Crippen molar-refractivity contribution in [1.29, 1.82) is 0 Å². The first-order valence-corrected chi connectivity index (χ1v) is 9.68. The van der Waals surface area contributed by atoms with Crippen molar-refractivity contribution in [1.82, 2.24) is 0 Å². The molecule has 0 saturated carbocycles. The zero-order valence-corrected chi connectivity index (χ0v) is 17.6. The van der Waals surface area contributed by atoms with E-state index >= 15 is 0 Å². The summed E-state index contributed by atoms with van der Waals surface area (Å²) in [6.07, 6.45) is 0. The number of nitrogens with one attached hydrogen (secondary N) is 2. The van der Waals surface area contributed by atoms with Gasteiger partial charge in [-0.15, -0.1) is 0 Å². The largest absolute Gasteiger partial charge is 0.497 e. The van der Waals surface area contributed by atoms with Crippen molar-refractivity contribution in [3.05, 3.63) is 87.0 Å². The maximum absolute atomic E-state index is 12.8. The fraction of sp³-hybridized carbons (Fsp3) is 0.0909. The van der Waals surface area contributed by atoms with Gasteiger partial charge >= 0.3 is 0 Å². The molecule has 3 aromatic rings. The number of anilines is 2. The first-order chi connectivity index (χ1) is 13.5. The van der Waals surface area contributed by atoms with Crippen LogP contribution in [0.1, 0.15) is 26.3 Å². The zero-order chi connectivity index (χ0) is 20.1. The number of carbonyl (C=O) groups is 2. The van der Waals surface area contributed by atoms with Gasteiger partial charge in [-0.05, 0) is 65.4 Å². The highest BCUT2D eigenvalue weighted by molar-refractivity contribution is 14.1. The molecule has 0 radical (unpaired) electrons. The minimum atomic E-state index is -0.317. The number of benzene rings is 3. The molecule has 0 unspecified atom stereocenters. The molecule has 0 aromatic heterocycles. The normalized spacial score (nSPS) is 10.2. The van der Waals surface area contributed by atoms with Crippen LogP contribution in [0.2, 0.25) is 0 Å². The molecule has 0 spiro atoms. The molecule has 0 saturated heterocycles. The molecule has 3 rings (SSSR count). The summed E-state index contributed by atoms with van der Waals surface area (Å²) in [6.45, 7) is 1.95. The maximum Gasteiger partial charge on any atom is 0.257 e. The van der Waals surface area contributed by atoms with Crippen molar-refractivity contribution in [2.24, 2.45) is 0 Å². The second-order valence-corrected chi connectivity index (χ2v) is 7.20. The van der Waals surface area contributed by atoms with Gasteiger partial charge in [0.15, 0.2) is 0 Å². The highest BCUT2D eigenvalue weighted by atomic mass is 127. The average molecular weight is 486 g/mol. The summed E-state index contributed by atoms with van der Waals surface area (Å²) in [5.74, 6) is 0.0752. The molecule has 0 heterocycles. The number of carbonyl (C=O) groups excluding carboxylic acids is 2. The van der Waals surface area contributed by atoms with Crippen LogP contribution in [0.15, 0.2) is 66.7 Å². The van der Waals surface area contributed by atoms with Gasteiger partial charge in [0.2, 0.25) is 0 Å². The van der Waals surface area contributed by atoms with Crippen LogP contribution in [0.3, 0.4) is 0 Å². The minimum Gasteiger partial charge on any atom is -0.497 e. The molecule has 0 aliphatic carbocycles. The number of halogens is 1. The summed E-state index contributed by atoms with van der Waals surface area (Å²) < 4.78 is 6.06. The second-order valence-electron chi connectivity index (χ2n) is 6.12. The summed E-state index contributed by atoms with van der Waals surface area (Å²) in [5, 5.41) is 5.69. The van der Waals surface area contributed by atoms with E-state index in [-0.39, 0.29) is 11.8 Å². The average Bonchev–Trinajstić information content (AvgIpc) is 2.70. The van der Waals surface area contributed by atoms with Gasteiger partial charge in [-0.25, -0.2) is 0 Å². The lowest BCUT2D eigenvalue weighted by atomic mass is 10.1. The van der Waals surface area contributed by atoms with E-state index in [0.29, 0.717) is 28.3 Å². The predicted molar refractivity (Wildman–Crippen MR) is 119 cm³/mol. The van der Waals surface area contributed by atoms with E-state index in [0.717, 1.165) is 9.13 Å². The van der Waals surface area contributed by atoms with Crippen molar-refractivity contribution in [3.8, 4) is 5.75 Å². The Morgan fingerprint density at radius 1 is 0.857 bits per heavy atom. The van der Waals surface area contributed by atoms with Crippen LogP contribution < -0.4 is 15.4 Å². The third-order valence-electron chi connectivity index (χ3n) is 4.18. The topological polar surface area (TPSA) is 67.4 Å². The molecule has 0 aliphatic heterocycles. The highest BCUT2D eigenvalue weighted by Crippen LogP contribution is 2.22. The van der Waals surface area contributed by atoms with Crippen LogP contribution in [0.5, 0.6) is 5.75 Å². The van der Waals surface area contributed by atoms with Gasteiger partial charge in [0.1, 0.15) is 5.75 Å². The van der Waals surface area contributed by atoms with Gasteiger partial charge in [-0.1, -0.05) is 30.3 Å². The van der Waals surface area contributed by atoms with Gasteiger partial charge in [-0.3, -0.25) is 9.59 Å². The number of rotatable bonds is 5. The van der Waals surface area contributed by atoms with Crippen LogP contribution in [0.4, 0.5) is 11.4 Å². The van der Waals surface area contributed by atoms with Gasteiger partial charge < -0.3 is 15.4 Å². The van der Waals surface area contributed by atoms with Crippen molar-refractivity contribution in [2.75, 3.05) is 17.7 Å². The Labute approximate surface area is 177 Å². The lowest BCUT2D eigenvalue weighted by Gasteiger charge is -2.13. The van der Waals surface area contributed by atoms with E-state index in [4.69, 9.17) is 4.74 Å². The molecule has 0 atom stereocenters. The summed E-state index contributed by atoms with van der Waals surface area (Å²) in [6, 6.07) is 19.6. The summed E-state index contributed by atoms with van der Waals surface area (Å²) in [4.78, 5) is 25.5. The smallest absolute Gasteiger partial charge is 0.257 e. The number of hydrogen-bond acceptors (Lipinski definition) is 3. The summed E-state index contributed by atoms with van der Waals surface area (Å²) >= 11 is 2.15. The molecule has 28 heavy (non-hydrogen) atoms. The lowest BCUT2D eigenvalue weighted by Crippen LogP contribution is -2.19. The Bertz CT molecular complexity index is 1030. The molecule has 2 N–H and O–H groups in total. The van der Waals surface area contributed by atoms with Crippen LogP contribution in [0.25, 0.3) is 0 Å². The molecule has 142 valence electrons. The van der Waals surface area contributed by atoms with Crippen molar-refractivity contribution < 1.29 is 14.3 Å². The van der Waals surface area contributed by atoms with E-state index in [9.17, 15) is 9.59 Å². The monoisotopic (exact) mass is 486 g/mol. The maximum atomic E-state index is 12.8. The summed E-state index contributed by atoms with van der Waals surface area (Å²) in [7, 11) is 1.57. The Hall–Kier alpha value is -2.87. The third-order valence-corrected chi connectivity index (χ3v) is 5.62. The minimum absolute atomic E-state index is 0.255. The number of aryl methyl sites for hydroxylation is 1. The van der Waals surface area contributed by atoms with Gasteiger partial charge in [0.05, 0.1) is 23.9 Å². The van der Waals surface area contributed by atoms with Crippen LogP contribution >= 0.6 is 22.6 Å². The van der Waals surface area contributed by atoms with Gasteiger partial charge in [-0.2, -0.15) is 0 Å². The highest BCUT2D eigenvalue weighted by Gasteiger charge is 2.16. The second kappa shape index (κ2) is 8.88. The molecule has 6 heteroatoms. The molecule has 0 bridgehead atoms. The van der Waals surface area contributed by atoms with Crippen molar-refractivity contribution in [3.63, 3.8) is 0 Å². The van der Waals surface area contributed by atoms with E-state index in [1.165, 1.54) is 0 Å². The molecule has 0 fully saturated rings. The zero-order valence-electron chi connectivity index (χ0n) is 15.5. The number of ether oxygens (including phenoxy) is 1. The first-order valence-electron chi connectivity index (χ1n) is 8.60. The predicted octanol–water partition coefficient (Wildman–Crippen LogP) is 5.11. The van der Waals surface area contributed by atoms with Crippen molar-refractivity contribution in [2.45, 2.75) is 6.92 Å². The number of hydrogen-bond donors (Lipinski definition) is 2. The van der Waals surface area contributed by atoms with Gasteiger partial charge in [0.25, 0.3) is 11.8 Å². The Balaban J connectivity index is 1.83. The molecular weight excluding hydrogens is 467 g/mol. The third kappa shape index (κ3) is 4.51. The Kier molecular flexibility index (Phi) is 6.30. The molecular formula is C22H19IN2O3. The van der Waals surface area contributed by atoms with E-state index in [2.05, 4.69) is 33.2 Å². The number of methoxy groups -OCH3 is 1. The first kappa shape index (κ1) is 19.9. The van der Waals surface area contributed by atoms with Crippen LogP contribution in [0, 0.1) is 10.5 Å². The SMILES string of the molecule is COc1cccc(NC(=O)c2ccccc2NC(=O)c2cccc(C)c2I)c1. The summed E-state index contributed by atoms with van der Waals surface area (Å²) in [5.41, 5.74) is 3.03. The van der Waals surface area contributed by atoms with Crippen LogP contribution in [-0.2, 0) is 0 Å². The van der Waals surface area contributed by atoms with E-state index in [1.54, 1.807) is 61.7 Å². The fourth-order valence-electron chi connectivity index (χ4n) is 2.70. The van der Waals surface area contributed by atoms with Gasteiger partial charge in [0, 0.05) is 15.3 Å². The number of para-hydroxylation sites is 1. The van der Waals surface area contributed by atoms with Crippen molar-refractivity contribution >= 4 is 45.8 Å². The Morgan fingerprint density at radius 3 is 2.32 bits per heavy atom. The molecule has 5 nitrogen and oxygen atoms in total. The standard InChI is InChI=1S/C22H19IN2O3/c1-14-7-5-11-18(20(14)23)22(27)25-19-12-4-3-10-17(19)21(26)24-15-8-6-9-16(13-15)28-2/h3-13H,1-2H3,(H,24,26)(H,25,27). The fourth-order valence-corrected chi connectivity index (χ4v) is 3.31. The quantitative estimate of drug-likeness (QED) is 0.493. The van der Waals surface area contributed by atoms with E-state index in [1.807, 2.05) is 19.1 Å². The Morgan fingerprint density at radius 2 is 1.54 bits per heavy atom. The molecule has 2 amide bonds. The lowest BCUT2D eigenvalue weighted by molar-refractivity contribution is 0.102. The van der Waals surface area contributed by atoms with E-state index < -0.39 is 0 Å². The molecule has 3 aromatic carbocycles.